The minimum atomic E-state index is -4.55. The number of benzene rings is 1. The highest BCUT2D eigenvalue weighted by molar-refractivity contribution is 5.60. The summed E-state index contributed by atoms with van der Waals surface area (Å²) >= 11 is 0. The van der Waals surface area contributed by atoms with Gasteiger partial charge in [0.2, 0.25) is 0 Å². The second-order valence-corrected chi connectivity index (χ2v) is 8.66. The van der Waals surface area contributed by atoms with Crippen LogP contribution in [0.25, 0.3) is 11.4 Å². The molecule has 11 heteroatoms. The number of nitrogens with zero attached hydrogens (tertiary/aromatic N) is 5. The van der Waals surface area contributed by atoms with Crippen LogP contribution < -0.4 is 5.32 Å². The van der Waals surface area contributed by atoms with Crippen LogP contribution in [0.4, 0.5) is 23.4 Å². The van der Waals surface area contributed by atoms with Gasteiger partial charge in [0.25, 0.3) is 0 Å². The Balaban J connectivity index is 1.39. The zero-order chi connectivity index (χ0) is 23.9. The number of alkyl halides is 3. The fraction of sp³-hybridized carbons (Fsp3) is 0.391. The summed E-state index contributed by atoms with van der Waals surface area (Å²) in [5, 5.41) is 14.6. The number of nitrogens with one attached hydrogen (secondary N) is 1. The molecule has 0 radical (unpaired) electrons. The number of aliphatic hydroxyl groups excluding tert-OH is 1. The van der Waals surface area contributed by atoms with Crippen molar-refractivity contribution in [2.45, 2.75) is 43.8 Å². The van der Waals surface area contributed by atoms with Crippen LogP contribution in [0.5, 0.6) is 0 Å². The van der Waals surface area contributed by atoms with Gasteiger partial charge in [-0.25, -0.2) is 24.3 Å². The van der Waals surface area contributed by atoms with Gasteiger partial charge < -0.3 is 10.4 Å². The Labute approximate surface area is 192 Å². The third-order valence-electron chi connectivity index (χ3n) is 6.51. The third kappa shape index (κ3) is 4.45. The number of piperidine rings is 2. The van der Waals surface area contributed by atoms with Crippen molar-refractivity contribution >= 4 is 5.82 Å². The molecule has 1 saturated carbocycles. The lowest BCUT2D eigenvalue weighted by atomic mass is 9.76. The molecule has 34 heavy (non-hydrogen) atoms. The zero-order valence-corrected chi connectivity index (χ0v) is 18.0. The Hall–Kier alpha value is -3.18. The van der Waals surface area contributed by atoms with E-state index in [1.807, 2.05) is 4.90 Å². The predicted octanol–water partition coefficient (Wildman–Crippen LogP) is 4.05. The molecule has 3 aliphatic rings. The Bertz CT molecular complexity index is 1140. The van der Waals surface area contributed by atoms with Crippen LogP contribution in [-0.2, 0) is 6.18 Å². The quantitative estimate of drug-likeness (QED) is 0.540. The van der Waals surface area contributed by atoms with E-state index in [2.05, 4.69) is 25.3 Å². The van der Waals surface area contributed by atoms with E-state index in [0.717, 1.165) is 25.5 Å². The first-order chi connectivity index (χ1) is 16.3. The van der Waals surface area contributed by atoms with Gasteiger partial charge in [-0.15, -0.1) is 0 Å². The average molecular weight is 474 g/mol. The lowest BCUT2D eigenvalue weighted by Crippen LogP contribution is -2.59. The van der Waals surface area contributed by atoms with Crippen LogP contribution in [0, 0.1) is 11.7 Å². The standard InChI is InChI=1S/C23H22F4N6O/c24-14-3-4-15(16(9-14)21-28-6-1-7-29-21)22(34)33-12-13-2-5-18(33)17(8-13)32-20-11-30-19(10-31-20)23(25,26)27/h1,3-4,6-7,9-11,13,17-18,22,34H,2,5,8,12H2,(H,31,32). The molecule has 4 atom stereocenters. The van der Waals surface area contributed by atoms with E-state index in [4.69, 9.17) is 0 Å². The van der Waals surface area contributed by atoms with Crippen LogP contribution in [0.15, 0.2) is 49.1 Å². The first-order valence-corrected chi connectivity index (χ1v) is 11.0. The minimum absolute atomic E-state index is 0.0984. The topological polar surface area (TPSA) is 87.1 Å². The maximum atomic E-state index is 14.1. The molecule has 3 fully saturated rings. The lowest BCUT2D eigenvalue weighted by molar-refractivity contribution is -0.141. The molecular weight excluding hydrogens is 452 g/mol. The Morgan fingerprint density at radius 3 is 2.53 bits per heavy atom. The van der Waals surface area contributed by atoms with Crippen LogP contribution in [0.1, 0.15) is 36.7 Å². The minimum Gasteiger partial charge on any atom is -0.374 e. The van der Waals surface area contributed by atoms with Crippen LogP contribution in [0.2, 0.25) is 0 Å². The van der Waals surface area contributed by atoms with Crippen molar-refractivity contribution in [1.29, 1.82) is 0 Å². The number of aromatic nitrogens is 4. The van der Waals surface area contributed by atoms with Crippen molar-refractivity contribution in [3.8, 4) is 11.4 Å². The van der Waals surface area contributed by atoms with E-state index < -0.39 is 23.9 Å². The molecule has 2 aromatic heterocycles. The van der Waals surface area contributed by atoms with Crippen molar-refractivity contribution in [3.05, 3.63) is 66.1 Å². The fourth-order valence-electron chi connectivity index (χ4n) is 4.98. The van der Waals surface area contributed by atoms with Crippen molar-refractivity contribution in [3.63, 3.8) is 0 Å². The van der Waals surface area contributed by atoms with Crippen molar-refractivity contribution in [2.75, 3.05) is 11.9 Å². The number of hydrogen-bond donors (Lipinski definition) is 2. The number of anilines is 1. The fourth-order valence-corrected chi connectivity index (χ4v) is 4.98. The summed E-state index contributed by atoms with van der Waals surface area (Å²) < 4.78 is 52.4. The van der Waals surface area contributed by atoms with E-state index in [1.165, 1.54) is 18.2 Å². The number of aliphatic hydroxyl groups is 1. The maximum absolute atomic E-state index is 14.1. The predicted molar refractivity (Wildman–Crippen MR) is 115 cm³/mol. The maximum Gasteiger partial charge on any atom is 0.434 e. The molecule has 6 rings (SSSR count). The SMILES string of the molecule is OC(c1ccc(F)cc1-c1ncccn1)N1CC2CCC1C(Nc1cnc(C(F)(F)F)cn1)C2. The Morgan fingerprint density at radius 2 is 1.85 bits per heavy atom. The van der Waals surface area contributed by atoms with Crippen molar-refractivity contribution in [2.24, 2.45) is 5.92 Å². The molecule has 2 saturated heterocycles. The average Bonchev–Trinajstić information content (AvgIpc) is 2.84. The molecule has 2 aliphatic heterocycles. The number of fused-ring (bicyclic) bond motifs is 3. The van der Waals surface area contributed by atoms with E-state index in [-0.39, 0.29) is 23.8 Å². The monoisotopic (exact) mass is 474 g/mol. The highest BCUT2D eigenvalue weighted by Crippen LogP contribution is 2.41. The molecule has 0 spiro atoms. The normalized spacial score (nSPS) is 23.6. The number of hydrogen-bond acceptors (Lipinski definition) is 7. The zero-order valence-electron chi connectivity index (χ0n) is 18.0. The van der Waals surface area contributed by atoms with Gasteiger partial charge in [-0.05, 0) is 43.4 Å². The molecule has 2 bridgehead atoms. The van der Waals surface area contributed by atoms with E-state index in [0.29, 0.717) is 29.7 Å². The summed E-state index contributed by atoms with van der Waals surface area (Å²) in [6.45, 7) is 0.648. The van der Waals surface area contributed by atoms with Gasteiger partial charge >= 0.3 is 6.18 Å². The molecule has 2 N–H and O–H groups in total. The van der Waals surface area contributed by atoms with E-state index in [9.17, 15) is 22.7 Å². The van der Waals surface area contributed by atoms with Crippen molar-refractivity contribution in [1.82, 2.24) is 24.8 Å². The van der Waals surface area contributed by atoms with Crippen LogP contribution in [-0.4, -0.2) is 48.6 Å². The van der Waals surface area contributed by atoms with Gasteiger partial charge in [0.05, 0.1) is 12.4 Å². The largest absolute Gasteiger partial charge is 0.434 e. The highest BCUT2D eigenvalue weighted by atomic mass is 19.4. The van der Waals surface area contributed by atoms with Gasteiger partial charge in [-0.1, -0.05) is 6.07 Å². The Kier molecular flexibility index (Phi) is 5.90. The number of rotatable bonds is 5. The summed E-state index contributed by atoms with van der Waals surface area (Å²) in [6.07, 6.45) is 1.90. The molecule has 1 aliphatic carbocycles. The molecule has 4 heterocycles. The van der Waals surface area contributed by atoms with Gasteiger partial charge in [0.15, 0.2) is 11.5 Å². The molecule has 178 valence electrons. The first-order valence-electron chi connectivity index (χ1n) is 11.0. The summed E-state index contributed by atoms with van der Waals surface area (Å²) in [6, 6.07) is 5.56. The first kappa shape index (κ1) is 22.6. The van der Waals surface area contributed by atoms with Gasteiger partial charge in [-0.2, -0.15) is 13.2 Å². The van der Waals surface area contributed by atoms with Gasteiger partial charge in [-0.3, -0.25) is 4.90 Å². The second-order valence-electron chi connectivity index (χ2n) is 8.66. The number of halogens is 4. The van der Waals surface area contributed by atoms with Gasteiger partial charge in [0, 0.05) is 42.1 Å². The van der Waals surface area contributed by atoms with Crippen molar-refractivity contribution < 1.29 is 22.7 Å². The molecule has 0 amide bonds. The second kappa shape index (κ2) is 8.88. The summed E-state index contributed by atoms with van der Waals surface area (Å²) in [4.78, 5) is 17.7. The van der Waals surface area contributed by atoms with Gasteiger partial charge in [0.1, 0.15) is 17.9 Å². The van der Waals surface area contributed by atoms with E-state index in [1.54, 1.807) is 18.5 Å². The molecule has 3 aromatic rings. The molecule has 4 unspecified atom stereocenters. The van der Waals surface area contributed by atoms with E-state index >= 15 is 0 Å². The molecular formula is C23H22F4N6O. The van der Waals surface area contributed by atoms with Crippen LogP contribution in [0.3, 0.4) is 0 Å². The lowest BCUT2D eigenvalue weighted by Gasteiger charge is -2.51. The Morgan fingerprint density at radius 1 is 1.06 bits per heavy atom. The molecule has 7 nitrogen and oxygen atoms in total. The highest BCUT2D eigenvalue weighted by Gasteiger charge is 2.44. The summed E-state index contributed by atoms with van der Waals surface area (Å²) in [5.41, 5.74) is -0.145. The third-order valence-corrected chi connectivity index (χ3v) is 6.51. The summed E-state index contributed by atoms with van der Waals surface area (Å²) in [7, 11) is 0. The summed E-state index contributed by atoms with van der Waals surface area (Å²) in [5.74, 6) is 0.392. The molecule has 1 aromatic carbocycles. The van der Waals surface area contributed by atoms with Crippen LogP contribution >= 0.6 is 0 Å². The smallest absolute Gasteiger partial charge is 0.374 e.